The predicted molar refractivity (Wildman–Crippen MR) is 114 cm³/mol. The molecule has 29 heavy (non-hydrogen) atoms. The number of amides is 1. The van der Waals surface area contributed by atoms with E-state index in [9.17, 15) is 9.59 Å². The number of esters is 1. The van der Waals surface area contributed by atoms with Crippen LogP contribution in [0.2, 0.25) is 0 Å². The fraction of sp³-hybridized carbons (Fsp3) is 0.526. The van der Waals surface area contributed by atoms with Crippen LogP contribution in [0.25, 0.3) is 0 Å². The lowest BCUT2D eigenvalue weighted by Crippen LogP contribution is -2.36. The van der Waals surface area contributed by atoms with Gasteiger partial charge in [-0.15, -0.1) is 0 Å². The van der Waals surface area contributed by atoms with Crippen molar-refractivity contribution in [1.29, 1.82) is 0 Å². The van der Waals surface area contributed by atoms with Crippen LogP contribution in [0.5, 0.6) is 0 Å². The third-order valence-corrected chi connectivity index (χ3v) is 5.90. The van der Waals surface area contributed by atoms with Gasteiger partial charge in [0, 0.05) is 30.5 Å². The minimum absolute atomic E-state index is 0.179. The summed E-state index contributed by atoms with van der Waals surface area (Å²) in [5, 5.41) is 4.35. The quantitative estimate of drug-likeness (QED) is 0.401. The molecule has 3 rings (SSSR count). The highest BCUT2D eigenvalue weighted by atomic mass is 32.2. The van der Waals surface area contributed by atoms with Crippen molar-refractivity contribution in [1.82, 2.24) is 19.9 Å². The van der Waals surface area contributed by atoms with Crippen molar-refractivity contribution in [3.05, 3.63) is 22.3 Å². The molecule has 8 nitrogen and oxygen atoms in total. The Balaban J connectivity index is 1.80. The van der Waals surface area contributed by atoms with Gasteiger partial charge >= 0.3 is 5.97 Å². The normalized spacial score (nSPS) is 13.3. The van der Waals surface area contributed by atoms with Crippen LogP contribution in [-0.2, 0) is 22.5 Å². The number of carbonyl (C=O) groups is 2. The fourth-order valence-electron chi connectivity index (χ4n) is 2.96. The average Bonchev–Trinajstić information content (AvgIpc) is 3.08. The second-order valence-electron chi connectivity index (χ2n) is 7.02. The Morgan fingerprint density at radius 3 is 2.86 bits per heavy atom. The van der Waals surface area contributed by atoms with Gasteiger partial charge in [-0.2, -0.15) is 0 Å². The van der Waals surface area contributed by atoms with E-state index in [1.807, 2.05) is 25.0 Å². The van der Waals surface area contributed by atoms with Crippen molar-refractivity contribution in [2.24, 2.45) is 5.92 Å². The SMILES string of the molecule is CCOC(=O)c1cnc(SC)nc1Nc1nc2c(s1)CN(C(=O)CC(C)C)CC2. The molecule has 0 fully saturated rings. The molecular formula is C19H25N5O3S2. The highest BCUT2D eigenvalue weighted by Crippen LogP contribution is 2.31. The Morgan fingerprint density at radius 2 is 2.17 bits per heavy atom. The third-order valence-electron chi connectivity index (χ3n) is 4.34. The van der Waals surface area contributed by atoms with Gasteiger partial charge in [0.25, 0.3) is 0 Å². The van der Waals surface area contributed by atoms with E-state index in [0.29, 0.717) is 41.5 Å². The van der Waals surface area contributed by atoms with Crippen molar-refractivity contribution in [2.75, 3.05) is 24.7 Å². The van der Waals surface area contributed by atoms with Gasteiger partial charge in [-0.1, -0.05) is 36.9 Å². The number of thioether (sulfide) groups is 1. The summed E-state index contributed by atoms with van der Waals surface area (Å²) in [6.45, 7) is 7.38. The molecule has 0 aliphatic carbocycles. The summed E-state index contributed by atoms with van der Waals surface area (Å²) < 4.78 is 5.11. The minimum Gasteiger partial charge on any atom is -0.462 e. The molecule has 2 aromatic rings. The molecule has 1 N–H and O–H groups in total. The average molecular weight is 436 g/mol. The van der Waals surface area contributed by atoms with Crippen LogP contribution >= 0.6 is 23.1 Å². The predicted octanol–water partition coefficient (Wildman–Crippen LogP) is 3.51. The molecule has 0 spiro atoms. The molecule has 0 saturated carbocycles. The fourth-order valence-corrected chi connectivity index (χ4v) is 4.32. The van der Waals surface area contributed by atoms with Gasteiger partial charge in [0.05, 0.1) is 18.8 Å². The summed E-state index contributed by atoms with van der Waals surface area (Å²) in [5.74, 6) is 0.418. The first-order valence-corrected chi connectivity index (χ1v) is 11.6. The molecule has 3 heterocycles. The highest BCUT2D eigenvalue weighted by Gasteiger charge is 2.25. The topological polar surface area (TPSA) is 97.3 Å². The van der Waals surface area contributed by atoms with E-state index in [4.69, 9.17) is 4.74 Å². The Kier molecular flexibility index (Phi) is 7.07. The monoisotopic (exact) mass is 435 g/mol. The maximum absolute atomic E-state index is 12.4. The number of aromatic nitrogens is 3. The second kappa shape index (κ2) is 9.53. The van der Waals surface area contributed by atoms with E-state index in [1.165, 1.54) is 29.3 Å². The number of carbonyl (C=O) groups excluding carboxylic acids is 2. The smallest absolute Gasteiger partial charge is 0.343 e. The van der Waals surface area contributed by atoms with E-state index in [2.05, 4.69) is 20.3 Å². The van der Waals surface area contributed by atoms with Gasteiger partial charge in [-0.25, -0.2) is 19.7 Å². The Labute approximate surface area is 178 Å². The molecular weight excluding hydrogens is 410 g/mol. The maximum Gasteiger partial charge on any atom is 0.343 e. The molecule has 0 radical (unpaired) electrons. The lowest BCUT2D eigenvalue weighted by molar-refractivity contribution is -0.132. The van der Waals surface area contributed by atoms with Gasteiger partial charge in [-0.3, -0.25) is 4.79 Å². The minimum atomic E-state index is -0.477. The summed E-state index contributed by atoms with van der Waals surface area (Å²) in [5.41, 5.74) is 1.26. The van der Waals surface area contributed by atoms with E-state index < -0.39 is 5.97 Å². The number of rotatable bonds is 7. The first-order chi connectivity index (χ1) is 13.9. The standard InChI is InChI=1S/C19H25N5O3S2/c1-5-27-17(26)12-9-20-18(28-4)22-16(12)23-19-21-13-6-7-24(10-14(13)29-19)15(25)8-11(2)3/h9,11H,5-8,10H2,1-4H3,(H,20,21,22,23). The zero-order valence-electron chi connectivity index (χ0n) is 17.0. The van der Waals surface area contributed by atoms with Crippen LogP contribution in [0.15, 0.2) is 11.4 Å². The second-order valence-corrected chi connectivity index (χ2v) is 8.87. The zero-order chi connectivity index (χ0) is 21.0. The largest absolute Gasteiger partial charge is 0.462 e. The lowest BCUT2D eigenvalue weighted by Gasteiger charge is -2.26. The van der Waals surface area contributed by atoms with Gasteiger partial charge < -0.3 is 15.0 Å². The van der Waals surface area contributed by atoms with Crippen LogP contribution in [0, 0.1) is 5.92 Å². The molecule has 1 amide bonds. The summed E-state index contributed by atoms with van der Waals surface area (Å²) in [7, 11) is 0. The van der Waals surface area contributed by atoms with Crippen LogP contribution in [-0.4, -0.2) is 51.1 Å². The number of ether oxygens (including phenoxy) is 1. The van der Waals surface area contributed by atoms with Crippen molar-refractivity contribution in [3.8, 4) is 0 Å². The van der Waals surface area contributed by atoms with Gasteiger partial charge in [-0.05, 0) is 19.1 Å². The Morgan fingerprint density at radius 1 is 1.38 bits per heavy atom. The van der Waals surface area contributed by atoms with Gasteiger partial charge in [0.1, 0.15) is 5.56 Å². The number of hydrogen-bond acceptors (Lipinski definition) is 9. The van der Waals surface area contributed by atoms with Crippen LogP contribution in [0.3, 0.4) is 0 Å². The molecule has 0 saturated heterocycles. The Bertz CT molecular complexity index is 900. The molecule has 1 aliphatic rings. The number of nitrogens with zero attached hydrogens (tertiary/aromatic N) is 4. The highest BCUT2D eigenvalue weighted by molar-refractivity contribution is 7.98. The molecule has 0 aromatic carbocycles. The number of fused-ring (bicyclic) bond motifs is 1. The zero-order valence-corrected chi connectivity index (χ0v) is 18.7. The molecule has 2 aromatic heterocycles. The van der Waals surface area contributed by atoms with E-state index in [-0.39, 0.29) is 18.1 Å². The number of hydrogen-bond donors (Lipinski definition) is 1. The van der Waals surface area contributed by atoms with Crippen molar-refractivity contribution in [2.45, 2.75) is 45.3 Å². The van der Waals surface area contributed by atoms with E-state index in [1.54, 1.807) is 6.92 Å². The molecule has 1 aliphatic heterocycles. The number of thiazole rings is 1. The van der Waals surface area contributed by atoms with Crippen LogP contribution in [0.1, 0.15) is 48.1 Å². The number of anilines is 2. The van der Waals surface area contributed by atoms with Gasteiger partial charge in [0.15, 0.2) is 16.1 Å². The van der Waals surface area contributed by atoms with Gasteiger partial charge in [0.2, 0.25) is 5.91 Å². The molecule has 0 unspecified atom stereocenters. The first-order valence-electron chi connectivity index (χ1n) is 9.52. The first kappa shape index (κ1) is 21.5. The summed E-state index contributed by atoms with van der Waals surface area (Å²) in [4.78, 5) is 40.8. The van der Waals surface area contributed by atoms with Crippen LogP contribution in [0.4, 0.5) is 10.9 Å². The number of nitrogens with one attached hydrogen (secondary N) is 1. The summed E-state index contributed by atoms with van der Waals surface area (Å²) in [6.07, 6.45) is 4.62. The molecule has 0 bridgehead atoms. The van der Waals surface area contributed by atoms with Crippen molar-refractivity contribution in [3.63, 3.8) is 0 Å². The lowest BCUT2D eigenvalue weighted by atomic mass is 10.1. The third kappa shape index (κ3) is 5.24. The summed E-state index contributed by atoms with van der Waals surface area (Å²) >= 11 is 2.87. The molecule has 10 heteroatoms. The van der Waals surface area contributed by atoms with Crippen molar-refractivity contribution < 1.29 is 14.3 Å². The van der Waals surface area contributed by atoms with Crippen LogP contribution < -0.4 is 5.32 Å². The Hall–Kier alpha value is -2.20. The van der Waals surface area contributed by atoms with E-state index in [0.717, 1.165) is 17.0 Å². The summed E-state index contributed by atoms with van der Waals surface area (Å²) in [6, 6.07) is 0. The van der Waals surface area contributed by atoms with Crippen molar-refractivity contribution >= 4 is 45.9 Å². The van der Waals surface area contributed by atoms with E-state index >= 15 is 0 Å². The maximum atomic E-state index is 12.4. The molecule has 0 atom stereocenters. The molecule has 156 valence electrons.